The Morgan fingerprint density at radius 3 is 2.67 bits per heavy atom. The van der Waals surface area contributed by atoms with Crippen LogP contribution in [0.25, 0.3) is 22.3 Å². The van der Waals surface area contributed by atoms with Gasteiger partial charge in [-0.25, -0.2) is 9.78 Å². The minimum Gasteiger partial charge on any atom is -0.458 e. The molecule has 4 aliphatic rings. The molecule has 0 amide bonds. The fourth-order valence-corrected chi connectivity index (χ4v) is 5.82. The summed E-state index contributed by atoms with van der Waals surface area (Å²) in [5.41, 5.74) is 2.80. The van der Waals surface area contributed by atoms with Gasteiger partial charge in [0.05, 0.1) is 29.0 Å². The molecule has 2 aromatic heterocycles. The third-order valence-corrected chi connectivity index (χ3v) is 8.18. The minimum absolute atomic E-state index is 0.113. The number of benzene rings is 1. The van der Waals surface area contributed by atoms with Gasteiger partial charge in [0.25, 0.3) is 5.56 Å². The lowest BCUT2D eigenvalue weighted by Gasteiger charge is -2.31. The van der Waals surface area contributed by atoms with E-state index in [9.17, 15) is 14.7 Å². The van der Waals surface area contributed by atoms with Crippen molar-refractivity contribution in [1.82, 2.24) is 14.5 Å². The van der Waals surface area contributed by atoms with Crippen LogP contribution in [0.1, 0.15) is 48.4 Å². The molecule has 36 heavy (non-hydrogen) atoms. The maximum Gasteiger partial charge on any atom is 0.343 e. The lowest BCUT2D eigenvalue weighted by atomic mass is 9.86. The first-order valence-electron chi connectivity index (χ1n) is 12.5. The first kappa shape index (κ1) is 21.8. The van der Waals surface area contributed by atoms with Crippen molar-refractivity contribution >= 4 is 16.9 Å². The maximum atomic E-state index is 13.6. The predicted octanol–water partition coefficient (Wildman–Crippen LogP) is 2.45. The molecule has 1 aromatic carbocycles. The highest BCUT2D eigenvalue weighted by Crippen LogP contribution is 2.43. The molecule has 0 bridgehead atoms. The van der Waals surface area contributed by atoms with E-state index in [1.807, 2.05) is 12.1 Å². The second kappa shape index (κ2) is 7.54. The lowest BCUT2D eigenvalue weighted by Crippen LogP contribution is -2.44. The monoisotopic (exact) mass is 489 g/mol. The molecule has 9 nitrogen and oxygen atoms in total. The predicted molar refractivity (Wildman–Crippen MR) is 130 cm³/mol. The molecule has 1 N–H and O–H groups in total. The second-order valence-corrected chi connectivity index (χ2v) is 10.2. The zero-order chi connectivity index (χ0) is 24.8. The molecule has 0 saturated heterocycles. The molecule has 1 fully saturated rings. The van der Waals surface area contributed by atoms with Gasteiger partial charge in [0.1, 0.15) is 6.61 Å². The maximum absolute atomic E-state index is 13.6. The first-order valence-corrected chi connectivity index (χ1v) is 12.5. The molecule has 1 saturated carbocycles. The Bertz CT molecular complexity index is 1520. The van der Waals surface area contributed by atoms with Gasteiger partial charge in [0.2, 0.25) is 6.79 Å². The Balaban J connectivity index is 1.44. The van der Waals surface area contributed by atoms with Crippen molar-refractivity contribution in [2.75, 3.05) is 20.4 Å². The molecule has 3 aromatic rings. The van der Waals surface area contributed by atoms with Crippen molar-refractivity contribution in [3.05, 3.63) is 50.8 Å². The number of fused-ring (bicyclic) bond motifs is 6. The summed E-state index contributed by atoms with van der Waals surface area (Å²) >= 11 is 0. The van der Waals surface area contributed by atoms with Gasteiger partial charge in [-0.1, -0.05) is 6.92 Å². The van der Waals surface area contributed by atoms with E-state index >= 15 is 0 Å². The molecule has 0 spiro atoms. The number of aliphatic hydroxyl groups is 1. The molecule has 1 aliphatic carbocycles. The van der Waals surface area contributed by atoms with Crippen LogP contribution >= 0.6 is 0 Å². The van der Waals surface area contributed by atoms with E-state index in [-0.39, 0.29) is 25.4 Å². The van der Waals surface area contributed by atoms with Crippen molar-refractivity contribution in [1.29, 1.82) is 0 Å². The minimum atomic E-state index is -1.84. The Hall–Kier alpha value is -3.43. The second-order valence-electron chi connectivity index (χ2n) is 10.2. The zero-order valence-corrected chi connectivity index (χ0v) is 20.3. The molecule has 5 heterocycles. The first-order chi connectivity index (χ1) is 17.4. The zero-order valence-electron chi connectivity index (χ0n) is 20.3. The van der Waals surface area contributed by atoms with Gasteiger partial charge < -0.3 is 28.8 Å². The summed E-state index contributed by atoms with van der Waals surface area (Å²) < 4.78 is 18.2. The molecule has 0 radical (unpaired) electrons. The SMILES string of the molecule is CC[C@@]1(O)C(=O)OCc2c1cc1n(c2=O)Cc2c-1nc1cc3c(cc1c2CCN(C)C1CC1)OCO3. The van der Waals surface area contributed by atoms with Crippen molar-refractivity contribution in [3.63, 3.8) is 0 Å². The smallest absolute Gasteiger partial charge is 0.343 e. The summed E-state index contributed by atoms with van der Waals surface area (Å²) in [5, 5.41) is 12.2. The van der Waals surface area contributed by atoms with Gasteiger partial charge in [-0.15, -0.1) is 0 Å². The van der Waals surface area contributed by atoms with Crippen LogP contribution in [-0.4, -0.2) is 52.0 Å². The summed E-state index contributed by atoms with van der Waals surface area (Å²) in [5.74, 6) is 0.635. The molecule has 186 valence electrons. The van der Waals surface area contributed by atoms with E-state index < -0.39 is 11.6 Å². The van der Waals surface area contributed by atoms with E-state index in [4.69, 9.17) is 19.2 Å². The third-order valence-electron chi connectivity index (χ3n) is 8.18. The van der Waals surface area contributed by atoms with E-state index in [1.165, 1.54) is 12.8 Å². The van der Waals surface area contributed by atoms with Crippen molar-refractivity contribution in [2.45, 2.75) is 57.4 Å². The Morgan fingerprint density at radius 1 is 1.14 bits per heavy atom. The van der Waals surface area contributed by atoms with Crippen LogP contribution in [0.4, 0.5) is 0 Å². The quantitative estimate of drug-likeness (QED) is 0.427. The molecule has 3 aliphatic heterocycles. The molecule has 9 heteroatoms. The number of nitrogens with zero attached hydrogens (tertiary/aromatic N) is 3. The summed E-state index contributed by atoms with van der Waals surface area (Å²) in [7, 11) is 2.16. The highest BCUT2D eigenvalue weighted by molar-refractivity contribution is 5.91. The van der Waals surface area contributed by atoms with Gasteiger partial charge in [-0.05, 0) is 50.4 Å². The number of aromatic nitrogens is 2. The van der Waals surface area contributed by atoms with Crippen LogP contribution in [0.15, 0.2) is 23.0 Å². The summed E-state index contributed by atoms with van der Waals surface area (Å²) in [6.07, 6.45) is 3.38. The molecule has 7 rings (SSSR count). The van der Waals surface area contributed by atoms with Crippen LogP contribution in [0, 0.1) is 0 Å². The Morgan fingerprint density at radius 2 is 1.92 bits per heavy atom. The molecule has 0 unspecified atom stereocenters. The lowest BCUT2D eigenvalue weighted by molar-refractivity contribution is -0.172. The van der Waals surface area contributed by atoms with Crippen molar-refractivity contribution in [2.24, 2.45) is 0 Å². The van der Waals surface area contributed by atoms with Crippen LogP contribution in [0.5, 0.6) is 11.5 Å². The normalized spacial score (nSPS) is 21.5. The van der Waals surface area contributed by atoms with E-state index in [0.29, 0.717) is 46.6 Å². The summed E-state index contributed by atoms with van der Waals surface area (Å²) in [4.78, 5) is 33.5. The number of pyridine rings is 2. The van der Waals surface area contributed by atoms with Crippen molar-refractivity contribution < 1.29 is 24.1 Å². The number of likely N-dealkylation sites (N-methyl/N-ethyl adjacent to an activating group) is 1. The highest BCUT2D eigenvalue weighted by Gasteiger charge is 2.45. The van der Waals surface area contributed by atoms with Gasteiger partial charge in [-0.3, -0.25) is 4.79 Å². The number of hydrogen-bond acceptors (Lipinski definition) is 8. The molecule has 1 atom stereocenters. The number of cyclic esters (lactones) is 1. The summed E-state index contributed by atoms with van der Waals surface area (Å²) in [6, 6.07) is 6.29. The average Bonchev–Trinajstić information content (AvgIpc) is 3.53. The molecular weight excluding hydrogens is 462 g/mol. The van der Waals surface area contributed by atoms with Crippen LogP contribution < -0.4 is 15.0 Å². The number of esters is 1. The van der Waals surface area contributed by atoms with E-state index in [2.05, 4.69) is 11.9 Å². The standard InChI is InChI=1S/C27H27N3O6/c1-3-27(33)19-9-21-24-17(11-30(21)25(31)18(19)12-34-26(27)32)15(6-7-29(2)14-4-5-14)16-8-22-23(36-13-35-22)10-20(16)28-24/h8-10,14,33H,3-7,11-13H2,1-2H3/t27-/m0/s1. The third kappa shape index (κ3) is 2.99. The van der Waals surface area contributed by atoms with E-state index in [1.54, 1.807) is 17.6 Å². The van der Waals surface area contributed by atoms with Crippen molar-refractivity contribution in [3.8, 4) is 22.9 Å². The number of rotatable bonds is 5. The number of carbonyl (C=O) groups is 1. The van der Waals surface area contributed by atoms with Gasteiger partial charge >= 0.3 is 5.97 Å². The number of carbonyl (C=O) groups excluding carboxylic acids is 1. The summed E-state index contributed by atoms with van der Waals surface area (Å²) in [6.45, 7) is 3.03. The average molecular weight is 490 g/mol. The van der Waals surface area contributed by atoms with E-state index in [0.717, 1.165) is 35.0 Å². The van der Waals surface area contributed by atoms with Gasteiger partial charge in [0.15, 0.2) is 17.1 Å². The van der Waals surface area contributed by atoms with Crippen LogP contribution in [0.2, 0.25) is 0 Å². The fraction of sp³-hybridized carbons (Fsp3) is 0.444. The largest absolute Gasteiger partial charge is 0.458 e. The highest BCUT2D eigenvalue weighted by atomic mass is 16.7. The van der Waals surface area contributed by atoms with Crippen LogP contribution in [0.3, 0.4) is 0 Å². The Labute approximate surface area is 207 Å². The topological polar surface area (TPSA) is 103 Å². The van der Waals surface area contributed by atoms with Crippen LogP contribution in [-0.2, 0) is 34.7 Å². The van der Waals surface area contributed by atoms with Gasteiger partial charge in [-0.2, -0.15) is 0 Å². The fourth-order valence-electron chi connectivity index (χ4n) is 5.82. The molecular formula is C27H27N3O6. The van der Waals surface area contributed by atoms with Gasteiger partial charge in [0, 0.05) is 35.2 Å². The number of ether oxygens (including phenoxy) is 3. The number of hydrogen-bond donors (Lipinski definition) is 1. The Kier molecular flexibility index (Phi) is 4.57.